The average Bonchev–Trinajstić information content (AvgIpc) is 3.05. The lowest BCUT2D eigenvalue weighted by atomic mass is 10.1. The summed E-state index contributed by atoms with van der Waals surface area (Å²) in [6.07, 6.45) is 3.62. The predicted molar refractivity (Wildman–Crippen MR) is 90.5 cm³/mol. The molecule has 1 saturated heterocycles. The summed E-state index contributed by atoms with van der Waals surface area (Å²) >= 11 is 0. The van der Waals surface area contributed by atoms with E-state index in [4.69, 9.17) is 0 Å². The third-order valence-electron chi connectivity index (χ3n) is 4.45. The van der Waals surface area contributed by atoms with Crippen molar-refractivity contribution in [3.05, 3.63) is 65.7 Å². The van der Waals surface area contributed by atoms with E-state index in [1.807, 2.05) is 25.2 Å². The van der Waals surface area contributed by atoms with Crippen LogP contribution in [0.25, 0.3) is 0 Å². The number of carbonyl (C=O) groups excluding carboxylic acids is 1. The molecule has 0 aliphatic carbocycles. The molecule has 0 radical (unpaired) electrons. The summed E-state index contributed by atoms with van der Waals surface area (Å²) in [5.41, 5.74) is 1.92. The highest BCUT2D eigenvalue weighted by atomic mass is 19.1. The lowest BCUT2D eigenvalue weighted by Gasteiger charge is -2.28. The van der Waals surface area contributed by atoms with E-state index in [0.29, 0.717) is 13.1 Å². The predicted octanol–water partition coefficient (Wildman–Crippen LogP) is 2.84. The van der Waals surface area contributed by atoms with Crippen molar-refractivity contribution in [1.29, 1.82) is 0 Å². The van der Waals surface area contributed by atoms with Crippen LogP contribution in [-0.2, 0) is 17.9 Å². The molecule has 1 atom stereocenters. The minimum absolute atomic E-state index is 0.108. The van der Waals surface area contributed by atoms with Gasteiger partial charge in [0.1, 0.15) is 5.82 Å². The van der Waals surface area contributed by atoms with Crippen molar-refractivity contribution in [3.8, 4) is 0 Å². The zero-order chi connectivity index (χ0) is 16.9. The van der Waals surface area contributed by atoms with Gasteiger partial charge in [0.05, 0.1) is 18.3 Å². The summed E-state index contributed by atoms with van der Waals surface area (Å²) in [7, 11) is 1.82. The maximum atomic E-state index is 13.0. The molecule has 2 aromatic rings. The molecule has 0 saturated carbocycles. The van der Waals surface area contributed by atoms with Gasteiger partial charge in [-0.25, -0.2) is 4.39 Å². The quantitative estimate of drug-likeness (QED) is 0.847. The van der Waals surface area contributed by atoms with E-state index < -0.39 is 0 Å². The fourth-order valence-corrected chi connectivity index (χ4v) is 3.19. The third kappa shape index (κ3) is 3.97. The van der Waals surface area contributed by atoms with E-state index in [1.54, 1.807) is 23.2 Å². The summed E-state index contributed by atoms with van der Waals surface area (Å²) in [4.78, 5) is 21.0. The first-order valence-corrected chi connectivity index (χ1v) is 8.27. The van der Waals surface area contributed by atoms with Crippen LogP contribution < -0.4 is 0 Å². The topological polar surface area (TPSA) is 36.4 Å². The first kappa shape index (κ1) is 16.6. The number of amides is 1. The van der Waals surface area contributed by atoms with Crippen molar-refractivity contribution in [2.75, 3.05) is 13.6 Å². The lowest BCUT2D eigenvalue weighted by molar-refractivity contribution is -0.135. The van der Waals surface area contributed by atoms with Crippen LogP contribution in [0.1, 0.15) is 24.1 Å². The van der Waals surface area contributed by atoms with Gasteiger partial charge in [-0.15, -0.1) is 0 Å². The smallest absolute Gasteiger partial charge is 0.240 e. The minimum Gasteiger partial charge on any atom is -0.338 e. The normalized spacial score (nSPS) is 17.8. The Labute approximate surface area is 141 Å². The van der Waals surface area contributed by atoms with Gasteiger partial charge < -0.3 is 4.90 Å². The molecule has 4 nitrogen and oxygen atoms in total. The Bertz CT molecular complexity index is 675. The first-order chi connectivity index (χ1) is 11.6. The number of hydrogen-bond donors (Lipinski definition) is 0. The Morgan fingerprint density at radius 2 is 2.08 bits per heavy atom. The highest BCUT2D eigenvalue weighted by Gasteiger charge is 2.32. The van der Waals surface area contributed by atoms with Crippen molar-refractivity contribution in [2.45, 2.75) is 32.0 Å². The van der Waals surface area contributed by atoms with Gasteiger partial charge in [-0.05, 0) is 49.2 Å². The van der Waals surface area contributed by atoms with Crippen LogP contribution in [0.2, 0.25) is 0 Å². The molecule has 24 heavy (non-hydrogen) atoms. The number of carbonyl (C=O) groups is 1. The molecular formula is C19H22FN3O. The molecule has 126 valence electrons. The fourth-order valence-electron chi connectivity index (χ4n) is 3.19. The Morgan fingerprint density at radius 3 is 2.79 bits per heavy atom. The number of aromatic nitrogens is 1. The fraction of sp³-hybridized carbons (Fsp3) is 0.368. The second-order valence-electron chi connectivity index (χ2n) is 6.27. The summed E-state index contributed by atoms with van der Waals surface area (Å²) in [6.45, 7) is 2.08. The van der Waals surface area contributed by atoms with Crippen LogP contribution in [0.5, 0.6) is 0 Å². The van der Waals surface area contributed by atoms with Crippen molar-refractivity contribution < 1.29 is 9.18 Å². The van der Waals surface area contributed by atoms with Crippen LogP contribution in [0.3, 0.4) is 0 Å². The molecule has 0 bridgehead atoms. The standard InChI is InChI=1S/C19H22FN3O/c1-22(14-17-5-2-3-11-21-17)19(24)18-6-4-12-23(18)13-15-7-9-16(20)10-8-15/h2-3,5,7-11,18H,4,6,12-14H2,1H3. The monoisotopic (exact) mass is 327 g/mol. The highest BCUT2D eigenvalue weighted by Crippen LogP contribution is 2.22. The SMILES string of the molecule is CN(Cc1ccccn1)C(=O)C1CCCN1Cc1ccc(F)cc1. The van der Waals surface area contributed by atoms with Crippen LogP contribution >= 0.6 is 0 Å². The van der Waals surface area contributed by atoms with Crippen molar-refractivity contribution in [1.82, 2.24) is 14.8 Å². The Morgan fingerprint density at radius 1 is 1.29 bits per heavy atom. The van der Waals surface area contributed by atoms with Crippen LogP contribution in [0.4, 0.5) is 4.39 Å². The molecule has 2 heterocycles. The van der Waals surface area contributed by atoms with Crippen molar-refractivity contribution >= 4 is 5.91 Å². The molecule has 1 unspecified atom stereocenters. The van der Waals surface area contributed by atoms with Gasteiger partial charge in [0.25, 0.3) is 0 Å². The van der Waals surface area contributed by atoms with E-state index >= 15 is 0 Å². The number of hydrogen-bond acceptors (Lipinski definition) is 3. The number of likely N-dealkylation sites (N-methyl/N-ethyl adjacent to an activating group) is 1. The molecule has 1 aliphatic rings. The summed E-state index contributed by atoms with van der Waals surface area (Å²) < 4.78 is 13.0. The molecule has 1 fully saturated rings. The van der Waals surface area contributed by atoms with E-state index in [1.165, 1.54) is 12.1 Å². The zero-order valence-electron chi connectivity index (χ0n) is 13.9. The molecule has 0 spiro atoms. The Balaban J connectivity index is 1.63. The van der Waals surface area contributed by atoms with E-state index in [0.717, 1.165) is 30.6 Å². The van der Waals surface area contributed by atoms with Crippen LogP contribution in [0.15, 0.2) is 48.7 Å². The molecule has 1 amide bonds. The van der Waals surface area contributed by atoms with Gasteiger partial charge in [0, 0.05) is 19.8 Å². The Hall–Kier alpha value is -2.27. The second kappa shape index (κ2) is 7.53. The van der Waals surface area contributed by atoms with E-state index in [-0.39, 0.29) is 17.8 Å². The maximum Gasteiger partial charge on any atom is 0.240 e. The molecule has 1 aromatic heterocycles. The van der Waals surface area contributed by atoms with E-state index in [2.05, 4.69) is 9.88 Å². The Kier molecular flexibility index (Phi) is 5.20. The summed E-state index contributed by atoms with van der Waals surface area (Å²) in [6, 6.07) is 12.1. The van der Waals surface area contributed by atoms with Crippen LogP contribution in [-0.4, -0.2) is 40.3 Å². The number of pyridine rings is 1. The molecule has 1 aromatic carbocycles. The van der Waals surface area contributed by atoms with E-state index in [9.17, 15) is 9.18 Å². The molecule has 1 aliphatic heterocycles. The lowest BCUT2D eigenvalue weighted by Crippen LogP contribution is -2.43. The van der Waals surface area contributed by atoms with Gasteiger partial charge in [-0.2, -0.15) is 0 Å². The molecule has 5 heteroatoms. The number of rotatable bonds is 5. The first-order valence-electron chi connectivity index (χ1n) is 8.27. The number of likely N-dealkylation sites (tertiary alicyclic amines) is 1. The number of nitrogens with zero attached hydrogens (tertiary/aromatic N) is 3. The third-order valence-corrected chi connectivity index (χ3v) is 4.45. The summed E-state index contributed by atoms with van der Waals surface area (Å²) in [5.74, 6) is -0.108. The zero-order valence-corrected chi connectivity index (χ0v) is 13.9. The van der Waals surface area contributed by atoms with Gasteiger partial charge >= 0.3 is 0 Å². The molecule has 3 rings (SSSR count). The largest absolute Gasteiger partial charge is 0.338 e. The summed E-state index contributed by atoms with van der Waals surface area (Å²) in [5, 5.41) is 0. The van der Waals surface area contributed by atoms with Gasteiger partial charge in [-0.3, -0.25) is 14.7 Å². The maximum absolute atomic E-state index is 13.0. The minimum atomic E-state index is -0.233. The van der Waals surface area contributed by atoms with Gasteiger partial charge in [-0.1, -0.05) is 18.2 Å². The molecular weight excluding hydrogens is 305 g/mol. The average molecular weight is 327 g/mol. The molecule has 0 N–H and O–H groups in total. The van der Waals surface area contributed by atoms with Gasteiger partial charge in [0.15, 0.2) is 0 Å². The van der Waals surface area contributed by atoms with Gasteiger partial charge in [0.2, 0.25) is 5.91 Å². The van der Waals surface area contributed by atoms with Crippen molar-refractivity contribution in [3.63, 3.8) is 0 Å². The van der Waals surface area contributed by atoms with Crippen LogP contribution in [0, 0.1) is 5.82 Å². The highest BCUT2D eigenvalue weighted by molar-refractivity contribution is 5.81. The second-order valence-corrected chi connectivity index (χ2v) is 6.27. The van der Waals surface area contributed by atoms with Crippen molar-refractivity contribution in [2.24, 2.45) is 0 Å². The number of benzene rings is 1. The number of halogens is 1.